The lowest BCUT2D eigenvalue weighted by Gasteiger charge is -2.27. The number of nitrogens with one attached hydrogen (secondary N) is 2. The molecule has 1 aliphatic rings. The fourth-order valence-corrected chi connectivity index (χ4v) is 2.97. The highest BCUT2D eigenvalue weighted by molar-refractivity contribution is 6.30. The molecule has 1 aromatic rings. The molecular formula is C15H21ClN2O. The van der Waals surface area contributed by atoms with Crippen molar-refractivity contribution in [1.82, 2.24) is 10.6 Å². The second-order valence-corrected chi connectivity index (χ2v) is 5.61. The fraction of sp³-hybridized carbons (Fsp3) is 0.533. The molecule has 0 radical (unpaired) electrons. The monoisotopic (exact) mass is 280 g/mol. The van der Waals surface area contributed by atoms with Crippen LogP contribution in [0.15, 0.2) is 24.3 Å². The van der Waals surface area contributed by atoms with Gasteiger partial charge >= 0.3 is 0 Å². The van der Waals surface area contributed by atoms with Gasteiger partial charge in [0.15, 0.2) is 0 Å². The van der Waals surface area contributed by atoms with Gasteiger partial charge in [-0.3, -0.25) is 4.79 Å². The van der Waals surface area contributed by atoms with Crippen LogP contribution in [0.25, 0.3) is 0 Å². The molecule has 2 N–H and O–H groups in total. The molecule has 1 aliphatic heterocycles. The standard InChI is InChI=1S/C15H21ClN2O/c1-2-7-15(8-4-9-18-15)14(19)17-11-12-5-3-6-13(16)10-12/h3,5-6,10,18H,2,4,7-9,11H2,1H3,(H,17,19). The number of hydrogen-bond donors (Lipinski definition) is 2. The van der Waals surface area contributed by atoms with E-state index in [4.69, 9.17) is 11.6 Å². The van der Waals surface area contributed by atoms with E-state index in [-0.39, 0.29) is 11.4 Å². The Morgan fingerprint density at radius 2 is 2.37 bits per heavy atom. The summed E-state index contributed by atoms with van der Waals surface area (Å²) in [6.45, 7) is 3.59. The molecular weight excluding hydrogens is 260 g/mol. The Morgan fingerprint density at radius 1 is 1.53 bits per heavy atom. The summed E-state index contributed by atoms with van der Waals surface area (Å²) in [5, 5.41) is 7.12. The maximum absolute atomic E-state index is 12.4. The topological polar surface area (TPSA) is 41.1 Å². The van der Waals surface area contributed by atoms with Crippen molar-refractivity contribution in [1.29, 1.82) is 0 Å². The van der Waals surface area contributed by atoms with Crippen LogP contribution < -0.4 is 10.6 Å². The summed E-state index contributed by atoms with van der Waals surface area (Å²) in [5.41, 5.74) is 0.679. The molecule has 1 saturated heterocycles. The third-order valence-corrected chi connectivity index (χ3v) is 3.93. The maximum atomic E-state index is 12.4. The van der Waals surface area contributed by atoms with Gasteiger partial charge < -0.3 is 10.6 Å². The Morgan fingerprint density at radius 3 is 3.00 bits per heavy atom. The molecule has 1 fully saturated rings. The van der Waals surface area contributed by atoms with Crippen LogP contribution in [0.1, 0.15) is 38.2 Å². The van der Waals surface area contributed by atoms with Gasteiger partial charge in [-0.15, -0.1) is 0 Å². The van der Waals surface area contributed by atoms with Crippen molar-refractivity contribution < 1.29 is 4.79 Å². The first-order valence-corrected chi connectivity index (χ1v) is 7.32. The van der Waals surface area contributed by atoms with Crippen LogP contribution in [0.2, 0.25) is 5.02 Å². The molecule has 0 saturated carbocycles. The van der Waals surface area contributed by atoms with Gasteiger partial charge in [0.05, 0.1) is 5.54 Å². The summed E-state index contributed by atoms with van der Waals surface area (Å²) >= 11 is 5.94. The van der Waals surface area contributed by atoms with Gasteiger partial charge in [0.2, 0.25) is 5.91 Å². The van der Waals surface area contributed by atoms with Gasteiger partial charge in [-0.05, 0) is 43.5 Å². The van der Waals surface area contributed by atoms with Crippen LogP contribution in [-0.4, -0.2) is 18.0 Å². The van der Waals surface area contributed by atoms with Crippen molar-refractivity contribution in [3.63, 3.8) is 0 Å². The summed E-state index contributed by atoms with van der Waals surface area (Å²) in [4.78, 5) is 12.4. The summed E-state index contributed by atoms with van der Waals surface area (Å²) in [6, 6.07) is 7.60. The smallest absolute Gasteiger partial charge is 0.240 e. The molecule has 1 heterocycles. The van der Waals surface area contributed by atoms with Crippen LogP contribution in [0, 0.1) is 0 Å². The number of carbonyl (C=O) groups is 1. The molecule has 0 aliphatic carbocycles. The van der Waals surface area contributed by atoms with E-state index in [9.17, 15) is 4.79 Å². The normalized spacial score (nSPS) is 22.4. The second-order valence-electron chi connectivity index (χ2n) is 5.18. The number of carbonyl (C=O) groups excluding carboxylic acids is 1. The first-order chi connectivity index (χ1) is 9.16. The lowest BCUT2D eigenvalue weighted by molar-refractivity contribution is -0.127. The van der Waals surface area contributed by atoms with Gasteiger partial charge in [0.25, 0.3) is 0 Å². The van der Waals surface area contributed by atoms with Crippen LogP contribution in [-0.2, 0) is 11.3 Å². The van der Waals surface area contributed by atoms with E-state index in [1.165, 1.54) is 0 Å². The lowest BCUT2D eigenvalue weighted by atomic mass is 9.91. The zero-order valence-corrected chi connectivity index (χ0v) is 12.1. The Bertz CT molecular complexity index is 442. The van der Waals surface area contributed by atoms with Crippen molar-refractivity contribution in [2.24, 2.45) is 0 Å². The molecule has 4 heteroatoms. The molecule has 19 heavy (non-hydrogen) atoms. The van der Waals surface area contributed by atoms with Crippen molar-refractivity contribution in [3.8, 4) is 0 Å². The Kier molecular flexibility index (Phi) is 4.83. The number of benzene rings is 1. The molecule has 1 unspecified atom stereocenters. The summed E-state index contributed by atoms with van der Waals surface area (Å²) in [5.74, 6) is 0.117. The third-order valence-electron chi connectivity index (χ3n) is 3.70. The van der Waals surface area contributed by atoms with E-state index in [0.29, 0.717) is 11.6 Å². The highest BCUT2D eigenvalue weighted by Gasteiger charge is 2.39. The minimum atomic E-state index is -0.354. The van der Waals surface area contributed by atoms with Gasteiger partial charge in [-0.25, -0.2) is 0 Å². The molecule has 3 nitrogen and oxygen atoms in total. The summed E-state index contributed by atoms with van der Waals surface area (Å²) in [7, 11) is 0. The van der Waals surface area contributed by atoms with E-state index >= 15 is 0 Å². The average Bonchev–Trinajstić information content (AvgIpc) is 2.86. The average molecular weight is 281 g/mol. The van der Waals surface area contributed by atoms with Crippen LogP contribution in [0.5, 0.6) is 0 Å². The van der Waals surface area contributed by atoms with Crippen LogP contribution in [0.4, 0.5) is 0 Å². The molecule has 0 spiro atoms. The predicted molar refractivity (Wildman–Crippen MR) is 78.2 cm³/mol. The van der Waals surface area contributed by atoms with Gasteiger partial charge in [-0.2, -0.15) is 0 Å². The van der Waals surface area contributed by atoms with E-state index in [1.807, 2.05) is 24.3 Å². The largest absolute Gasteiger partial charge is 0.350 e. The third kappa shape index (κ3) is 3.48. The van der Waals surface area contributed by atoms with Gasteiger partial charge in [0.1, 0.15) is 0 Å². The minimum Gasteiger partial charge on any atom is -0.350 e. The van der Waals surface area contributed by atoms with Crippen LogP contribution >= 0.6 is 11.6 Å². The van der Waals surface area contributed by atoms with Gasteiger partial charge in [0, 0.05) is 11.6 Å². The van der Waals surface area contributed by atoms with Crippen LogP contribution in [0.3, 0.4) is 0 Å². The highest BCUT2D eigenvalue weighted by Crippen LogP contribution is 2.25. The minimum absolute atomic E-state index is 0.117. The Labute approximate surface area is 119 Å². The molecule has 104 valence electrons. The highest BCUT2D eigenvalue weighted by atomic mass is 35.5. The van der Waals surface area contributed by atoms with E-state index in [2.05, 4.69) is 17.6 Å². The Balaban J connectivity index is 1.96. The molecule has 0 bridgehead atoms. The zero-order valence-electron chi connectivity index (χ0n) is 11.3. The van der Waals surface area contributed by atoms with Gasteiger partial charge in [-0.1, -0.05) is 37.1 Å². The second kappa shape index (κ2) is 6.40. The fourth-order valence-electron chi connectivity index (χ4n) is 2.75. The van der Waals surface area contributed by atoms with Crippen molar-refractivity contribution >= 4 is 17.5 Å². The summed E-state index contributed by atoms with van der Waals surface area (Å²) in [6.07, 6.45) is 3.92. The van der Waals surface area contributed by atoms with E-state index in [0.717, 1.165) is 37.8 Å². The maximum Gasteiger partial charge on any atom is 0.240 e. The first kappa shape index (κ1) is 14.4. The quantitative estimate of drug-likeness (QED) is 0.871. The number of halogens is 1. The van der Waals surface area contributed by atoms with Crippen molar-refractivity contribution in [2.75, 3.05) is 6.54 Å². The van der Waals surface area contributed by atoms with E-state index < -0.39 is 0 Å². The molecule has 1 atom stereocenters. The first-order valence-electron chi connectivity index (χ1n) is 6.94. The lowest BCUT2D eigenvalue weighted by Crippen LogP contribution is -2.53. The molecule has 0 aromatic heterocycles. The molecule has 2 rings (SSSR count). The van der Waals surface area contributed by atoms with Crippen molar-refractivity contribution in [3.05, 3.63) is 34.9 Å². The summed E-state index contributed by atoms with van der Waals surface area (Å²) < 4.78 is 0. The Hall–Kier alpha value is -1.06. The van der Waals surface area contributed by atoms with E-state index in [1.54, 1.807) is 0 Å². The number of amides is 1. The molecule has 1 amide bonds. The predicted octanol–water partition coefficient (Wildman–Crippen LogP) is 2.88. The zero-order chi connectivity index (χ0) is 13.7. The van der Waals surface area contributed by atoms with Crippen molar-refractivity contribution in [2.45, 2.75) is 44.7 Å². The molecule has 1 aromatic carbocycles. The SMILES string of the molecule is CCCC1(C(=O)NCc2cccc(Cl)c2)CCCN1. The number of hydrogen-bond acceptors (Lipinski definition) is 2. The number of rotatable bonds is 5.